The van der Waals surface area contributed by atoms with Crippen molar-refractivity contribution in [2.45, 2.75) is 33.1 Å². The van der Waals surface area contributed by atoms with Gasteiger partial charge in [0.1, 0.15) is 5.82 Å². The predicted octanol–water partition coefficient (Wildman–Crippen LogP) is 4.67. The lowest BCUT2D eigenvalue weighted by atomic mass is 9.99. The summed E-state index contributed by atoms with van der Waals surface area (Å²) in [6.45, 7) is 8.47. The third kappa shape index (κ3) is 4.28. The summed E-state index contributed by atoms with van der Waals surface area (Å²) >= 11 is 0. The molecule has 0 aromatic heterocycles. The maximum Gasteiger partial charge on any atom is 0.123 e. The second-order valence-corrected chi connectivity index (χ2v) is 4.40. The van der Waals surface area contributed by atoms with Crippen molar-refractivity contribution in [3.05, 3.63) is 42.2 Å². The van der Waals surface area contributed by atoms with Crippen LogP contribution in [0.5, 0.6) is 0 Å². The number of hydrogen-bond donors (Lipinski definition) is 0. The van der Waals surface area contributed by atoms with Gasteiger partial charge in [-0.15, -0.1) is 0 Å². The molecule has 0 aliphatic heterocycles. The highest BCUT2D eigenvalue weighted by Gasteiger charge is 2.00. The molecule has 1 heteroatoms. The maximum atomic E-state index is 12.7. The maximum absolute atomic E-state index is 12.7. The van der Waals surface area contributed by atoms with E-state index in [0.29, 0.717) is 0 Å². The van der Waals surface area contributed by atoms with Crippen molar-refractivity contribution in [3.63, 3.8) is 0 Å². The second kappa shape index (κ2) is 5.69. The fraction of sp³-hybridized carbons (Fsp3) is 0.429. The van der Waals surface area contributed by atoms with E-state index < -0.39 is 0 Å². The Balaban J connectivity index is 2.43. The van der Waals surface area contributed by atoms with Gasteiger partial charge in [-0.05, 0) is 42.0 Å². The topological polar surface area (TPSA) is 0 Å². The molecule has 0 nitrogen and oxygen atoms in total. The lowest BCUT2D eigenvalue weighted by Crippen LogP contribution is -1.89. The van der Waals surface area contributed by atoms with Gasteiger partial charge in [0.2, 0.25) is 0 Å². The summed E-state index contributed by atoms with van der Waals surface area (Å²) in [4.78, 5) is 0. The summed E-state index contributed by atoms with van der Waals surface area (Å²) in [6.07, 6.45) is 3.39. The number of benzene rings is 1. The van der Waals surface area contributed by atoms with Crippen LogP contribution in [0.15, 0.2) is 30.8 Å². The van der Waals surface area contributed by atoms with Crippen LogP contribution >= 0.6 is 0 Å². The van der Waals surface area contributed by atoms with E-state index in [0.717, 1.165) is 29.9 Å². The fourth-order valence-electron chi connectivity index (χ4n) is 1.55. The Kier molecular flexibility index (Phi) is 4.54. The molecule has 1 aromatic rings. The Labute approximate surface area is 91.8 Å². The normalized spacial score (nSPS) is 10.7. The van der Waals surface area contributed by atoms with Crippen LogP contribution < -0.4 is 0 Å². The molecule has 0 saturated carbocycles. The SMILES string of the molecule is C=C(CCCC(C)C)c1ccc(F)cc1. The molecule has 1 aromatic carbocycles. The largest absolute Gasteiger partial charge is 0.207 e. The van der Waals surface area contributed by atoms with Crippen molar-refractivity contribution in [2.24, 2.45) is 5.92 Å². The van der Waals surface area contributed by atoms with Crippen molar-refractivity contribution in [1.82, 2.24) is 0 Å². The molecule has 0 unspecified atom stereocenters. The van der Waals surface area contributed by atoms with Crippen LogP contribution in [-0.4, -0.2) is 0 Å². The Hall–Kier alpha value is -1.11. The predicted molar refractivity (Wildman–Crippen MR) is 64.1 cm³/mol. The Morgan fingerprint density at radius 2 is 1.87 bits per heavy atom. The van der Waals surface area contributed by atoms with Crippen molar-refractivity contribution < 1.29 is 4.39 Å². The summed E-state index contributed by atoms with van der Waals surface area (Å²) < 4.78 is 12.7. The summed E-state index contributed by atoms with van der Waals surface area (Å²) in [5.74, 6) is 0.555. The zero-order valence-electron chi connectivity index (χ0n) is 9.59. The van der Waals surface area contributed by atoms with Gasteiger partial charge in [0.15, 0.2) is 0 Å². The van der Waals surface area contributed by atoms with Gasteiger partial charge in [-0.3, -0.25) is 0 Å². The average molecular weight is 206 g/mol. The molecule has 0 fully saturated rings. The van der Waals surface area contributed by atoms with Gasteiger partial charge in [-0.25, -0.2) is 4.39 Å². The Morgan fingerprint density at radius 3 is 2.40 bits per heavy atom. The van der Waals surface area contributed by atoms with E-state index in [1.54, 1.807) is 12.1 Å². The molecule has 0 radical (unpaired) electrons. The van der Waals surface area contributed by atoms with Crippen molar-refractivity contribution >= 4 is 5.57 Å². The van der Waals surface area contributed by atoms with Crippen LogP contribution in [0, 0.1) is 11.7 Å². The number of hydrogen-bond acceptors (Lipinski definition) is 0. The van der Waals surface area contributed by atoms with E-state index in [1.807, 2.05) is 0 Å². The van der Waals surface area contributed by atoms with Gasteiger partial charge in [0, 0.05) is 0 Å². The highest BCUT2D eigenvalue weighted by atomic mass is 19.1. The first kappa shape index (κ1) is 12.0. The minimum Gasteiger partial charge on any atom is -0.207 e. The molecule has 0 saturated heterocycles. The van der Waals surface area contributed by atoms with E-state index in [1.165, 1.54) is 18.6 Å². The van der Waals surface area contributed by atoms with E-state index in [4.69, 9.17) is 0 Å². The third-order valence-electron chi connectivity index (χ3n) is 2.51. The highest BCUT2D eigenvalue weighted by molar-refractivity contribution is 5.62. The molecule has 0 aliphatic carbocycles. The molecule has 0 spiro atoms. The van der Waals surface area contributed by atoms with Crippen LogP contribution in [0.4, 0.5) is 4.39 Å². The second-order valence-electron chi connectivity index (χ2n) is 4.40. The van der Waals surface area contributed by atoms with E-state index in [9.17, 15) is 4.39 Å². The molecule has 15 heavy (non-hydrogen) atoms. The van der Waals surface area contributed by atoms with Gasteiger partial charge in [0.05, 0.1) is 0 Å². The van der Waals surface area contributed by atoms with E-state index >= 15 is 0 Å². The Morgan fingerprint density at radius 1 is 1.27 bits per heavy atom. The van der Waals surface area contributed by atoms with Crippen LogP contribution in [0.2, 0.25) is 0 Å². The van der Waals surface area contributed by atoms with Gasteiger partial charge >= 0.3 is 0 Å². The Bertz CT molecular complexity index is 309. The van der Waals surface area contributed by atoms with Crippen LogP contribution in [0.1, 0.15) is 38.7 Å². The van der Waals surface area contributed by atoms with Gasteiger partial charge in [-0.2, -0.15) is 0 Å². The molecule has 0 heterocycles. The highest BCUT2D eigenvalue weighted by Crippen LogP contribution is 2.20. The first-order chi connectivity index (χ1) is 7.09. The van der Waals surface area contributed by atoms with Crippen molar-refractivity contribution in [3.8, 4) is 0 Å². The molecule has 0 N–H and O–H groups in total. The number of halogens is 1. The number of rotatable bonds is 5. The van der Waals surface area contributed by atoms with Crippen LogP contribution in [-0.2, 0) is 0 Å². The monoisotopic (exact) mass is 206 g/mol. The summed E-state index contributed by atoms with van der Waals surface area (Å²) in [6, 6.07) is 6.58. The quantitative estimate of drug-likeness (QED) is 0.657. The summed E-state index contributed by atoms with van der Waals surface area (Å²) in [5.41, 5.74) is 2.16. The third-order valence-corrected chi connectivity index (χ3v) is 2.51. The summed E-state index contributed by atoms with van der Waals surface area (Å²) in [7, 11) is 0. The minimum absolute atomic E-state index is 0.186. The smallest absolute Gasteiger partial charge is 0.123 e. The molecule has 0 amide bonds. The lowest BCUT2D eigenvalue weighted by molar-refractivity contribution is 0.562. The molecule has 0 atom stereocenters. The van der Waals surface area contributed by atoms with E-state index in [2.05, 4.69) is 20.4 Å². The zero-order chi connectivity index (χ0) is 11.3. The van der Waals surface area contributed by atoms with Gasteiger partial charge in [0.25, 0.3) is 0 Å². The minimum atomic E-state index is -0.186. The molecular weight excluding hydrogens is 187 g/mol. The summed E-state index contributed by atoms with van der Waals surface area (Å²) in [5, 5.41) is 0. The lowest BCUT2D eigenvalue weighted by Gasteiger charge is -2.07. The van der Waals surface area contributed by atoms with Gasteiger partial charge in [-0.1, -0.05) is 39.0 Å². The first-order valence-corrected chi connectivity index (χ1v) is 5.53. The standard InChI is InChI=1S/C14H19F/c1-11(2)5-4-6-12(3)13-7-9-14(15)10-8-13/h7-11H,3-6H2,1-2H3. The van der Waals surface area contributed by atoms with Crippen molar-refractivity contribution in [2.75, 3.05) is 0 Å². The average Bonchev–Trinajstić information content (AvgIpc) is 2.18. The van der Waals surface area contributed by atoms with Gasteiger partial charge < -0.3 is 0 Å². The molecule has 0 bridgehead atoms. The molecule has 0 aliphatic rings. The zero-order valence-corrected chi connectivity index (χ0v) is 9.59. The van der Waals surface area contributed by atoms with Crippen LogP contribution in [0.3, 0.4) is 0 Å². The number of allylic oxidation sites excluding steroid dienone is 1. The first-order valence-electron chi connectivity index (χ1n) is 5.53. The van der Waals surface area contributed by atoms with Crippen LogP contribution in [0.25, 0.3) is 5.57 Å². The molecule has 1 rings (SSSR count). The fourth-order valence-corrected chi connectivity index (χ4v) is 1.55. The van der Waals surface area contributed by atoms with E-state index in [-0.39, 0.29) is 5.82 Å². The molecule has 82 valence electrons. The molecular formula is C14H19F. The van der Waals surface area contributed by atoms with Crippen molar-refractivity contribution in [1.29, 1.82) is 0 Å².